The van der Waals surface area contributed by atoms with Gasteiger partial charge in [0.15, 0.2) is 0 Å². The van der Waals surface area contributed by atoms with Gasteiger partial charge in [0.25, 0.3) is 0 Å². The van der Waals surface area contributed by atoms with Gasteiger partial charge in [-0.15, -0.1) is 23.4 Å². The Bertz CT molecular complexity index is 857. The fourth-order valence-corrected chi connectivity index (χ4v) is 3.97. The molecule has 0 saturated carbocycles. The summed E-state index contributed by atoms with van der Waals surface area (Å²) in [7, 11) is 0. The minimum absolute atomic E-state index is 0.0585. The molecule has 1 atom stereocenters. The summed E-state index contributed by atoms with van der Waals surface area (Å²) in [6.45, 7) is 3.56. The molecule has 0 aromatic heterocycles. The summed E-state index contributed by atoms with van der Waals surface area (Å²) in [4.78, 5) is 26.2. The van der Waals surface area contributed by atoms with Gasteiger partial charge in [-0.3, -0.25) is 14.5 Å². The normalized spacial score (nSPS) is 17.3. The summed E-state index contributed by atoms with van der Waals surface area (Å²) >= 11 is 7.33. The molecule has 2 amide bonds. The third-order valence-corrected chi connectivity index (χ3v) is 6.24. The first kappa shape index (κ1) is 19.7. The lowest BCUT2D eigenvalue weighted by Crippen LogP contribution is -2.32. The fraction of sp³-hybridized carbons (Fsp3) is 0.300. The van der Waals surface area contributed by atoms with E-state index in [1.807, 2.05) is 12.1 Å². The number of alkyl halides is 1. The van der Waals surface area contributed by atoms with Gasteiger partial charge in [-0.05, 0) is 49.7 Å². The maximum atomic E-state index is 13.6. The first-order valence-electron chi connectivity index (χ1n) is 8.48. The number of nitrogens with zero attached hydrogens (tertiary/aromatic N) is 1. The highest BCUT2D eigenvalue weighted by atomic mass is 35.5. The van der Waals surface area contributed by atoms with Crippen molar-refractivity contribution >= 4 is 46.6 Å². The summed E-state index contributed by atoms with van der Waals surface area (Å²) in [5.74, 6) is -0.0333. The van der Waals surface area contributed by atoms with E-state index in [9.17, 15) is 14.0 Å². The molecule has 0 aliphatic carbocycles. The first-order valence-corrected chi connectivity index (χ1v) is 10.1. The molecule has 27 heavy (non-hydrogen) atoms. The van der Waals surface area contributed by atoms with Crippen LogP contribution in [0.25, 0.3) is 0 Å². The Kier molecular flexibility index (Phi) is 5.77. The van der Waals surface area contributed by atoms with Crippen molar-refractivity contribution < 1.29 is 14.0 Å². The van der Waals surface area contributed by atoms with E-state index in [0.29, 0.717) is 17.1 Å². The van der Waals surface area contributed by atoms with Gasteiger partial charge in [0.2, 0.25) is 11.8 Å². The quantitative estimate of drug-likeness (QED) is 0.725. The summed E-state index contributed by atoms with van der Waals surface area (Å²) < 4.78 is 13.6. The first-order chi connectivity index (χ1) is 12.8. The number of hydrogen-bond acceptors (Lipinski definition) is 3. The third-order valence-electron chi connectivity index (χ3n) is 4.36. The molecule has 0 radical (unpaired) electrons. The summed E-state index contributed by atoms with van der Waals surface area (Å²) in [5.41, 5.74) is 1.44. The number of benzene rings is 2. The van der Waals surface area contributed by atoms with Crippen LogP contribution >= 0.6 is 23.4 Å². The Balaban J connectivity index is 1.80. The molecule has 1 aliphatic rings. The molecular weight excluding hydrogens is 387 g/mol. The van der Waals surface area contributed by atoms with Gasteiger partial charge in [-0.2, -0.15) is 0 Å². The molecule has 1 fully saturated rings. The monoisotopic (exact) mass is 406 g/mol. The predicted octanol–water partition coefficient (Wildman–Crippen LogP) is 4.81. The van der Waals surface area contributed by atoms with Crippen LogP contribution in [-0.2, 0) is 9.59 Å². The Morgan fingerprint density at radius 2 is 2.00 bits per heavy atom. The lowest BCUT2D eigenvalue weighted by atomic mass is 9.95. The zero-order valence-corrected chi connectivity index (χ0v) is 16.6. The van der Waals surface area contributed by atoms with E-state index in [1.165, 1.54) is 23.9 Å². The maximum Gasteiger partial charge on any atom is 0.238 e. The minimum atomic E-state index is -0.665. The topological polar surface area (TPSA) is 49.4 Å². The van der Waals surface area contributed by atoms with Gasteiger partial charge in [-0.25, -0.2) is 4.39 Å². The van der Waals surface area contributed by atoms with Crippen molar-refractivity contribution in [1.29, 1.82) is 0 Å². The molecule has 4 nitrogen and oxygen atoms in total. The van der Waals surface area contributed by atoms with Gasteiger partial charge in [0, 0.05) is 17.3 Å². The fourth-order valence-electron chi connectivity index (χ4n) is 2.67. The molecule has 1 heterocycles. The molecule has 0 bridgehead atoms. The van der Waals surface area contributed by atoms with Crippen molar-refractivity contribution in [2.45, 2.75) is 19.2 Å². The summed E-state index contributed by atoms with van der Waals surface area (Å²) in [6.07, 6.45) is 0. The summed E-state index contributed by atoms with van der Waals surface area (Å²) in [6, 6.07) is 13.4. The highest BCUT2D eigenvalue weighted by Crippen LogP contribution is 2.42. The Labute approximate surface area is 167 Å². The molecular formula is C20H20ClFN2O2S. The molecule has 3 rings (SSSR count). The zero-order chi connectivity index (χ0) is 19.6. The Morgan fingerprint density at radius 1 is 1.30 bits per heavy atom. The van der Waals surface area contributed by atoms with Crippen LogP contribution in [0.4, 0.5) is 15.8 Å². The van der Waals surface area contributed by atoms with Crippen molar-refractivity contribution in [2.75, 3.05) is 21.8 Å². The number of thioether (sulfide) groups is 1. The highest BCUT2D eigenvalue weighted by Gasteiger charge is 2.34. The molecule has 2 aromatic carbocycles. The number of carbonyl (C=O) groups is 2. The lowest BCUT2D eigenvalue weighted by molar-refractivity contribution is -0.123. The maximum absolute atomic E-state index is 13.6. The van der Waals surface area contributed by atoms with Crippen LogP contribution in [0.3, 0.4) is 0 Å². The van der Waals surface area contributed by atoms with Gasteiger partial charge < -0.3 is 5.32 Å². The summed E-state index contributed by atoms with van der Waals surface area (Å²) in [5, 5.41) is 2.62. The second-order valence-electron chi connectivity index (χ2n) is 7.00. The third kappa shape index (κ3) is 4.28. The second kappa shape index (κ2) is 7.90. The number of amides is 2. The molecule has 0 unspecified atom stereocenters. The van der Waals surface area contributed by atoms with Gasteiger partial charge >= 0.3 is 0 Å². The number of nitrogens with one attached hydrogen (secondary N) is 1. The van der Waals surface area contributed by atoms with Crippen LogP contribution in [0.2, 0.25) is 0 Å². The SMILES string of the molecule is CC(C)(CCl)C(=O)Nc1ccc([C@@H]2SCC(=O)N2c2cccc(F)c2)cc1. The van der Waals surface area contributed by atoms with E-state index in [2.05, 4.69) is 5.32 Å². The van der Waals surface area contributed by atoms with E-state index in [1.54, 1.807) is 43.0 Å². The molecule has 142 valence electrons. The lowest BCUT2D eigenvalue weighted by Gasteiger charge is -2.25. The molecule has 1 N–H and O–H groups in total. The van der Waals surface area contributed by atoms with Crippen molar-refractivity contribution in [3.05, 3.63) is 59.9 Å². The number of anilines is 2. The molecule has 1 saturated heterocycles. The van der Waals surface area contributed by atoms with Gasteiger partial charge in [-0.1, -0.05) is 18.2 Å². The van der Waals surface area contributed by atoms with Crippen LogP contribution < -0.4 is 10.2 Å². The smallest absolute Gasteiger partial charge is 0.238 e. The number of rotatable bonds is 5. The molecule has 1 aliphatic heterocycles. The number of carbonyl (C=O) groups excluding carboxylic acids is 2. The van der Waals surface area contributed by atoms with E-state index in [-0.39, 0.29) is 28.9 Å². The molecule has 0 spiro atoms. The number of hydrogen-bond donors (Lipinski definition) is 1. The van der Waals surface area contributed by atoms with Crippen molar-refractivity contribution in [2.24, 2.45) is 5.41 Å². The Morgan fingerprint density at radius 3 is 2.63 bits per heavy atom. The average Bonchev–Trinajstić information content (AvgIpc) is 3.03. The predicted molar refractivity (Wildman–Crippen MR) is 109 cm³/mol. The van der Waals surface area contributed by atoms with Crippen LogP contribution in [0.1, 0.15) is 24.8 Å². The molecule has 7 heteroatoms. The standard InChI is InChI=1S/C20H20ClFN2O2S/c1-20(2,12-21)19(26)23-15-8-6-13(7-9-15)18-24(17(25)11-27-18)16-5-3-4-14(22)10-16/h3-10,18H,11-12H2,1-2H3,(H,23,26)/t18-/m0/s1. The van der Waals surface area contributed by atoms with E-state index in [4.69, 9.17) is 11.6 Å². The van der Waals surface area contributed by atoms with Crippen LogP contribution in [-0.4, -0.2) is 23.4 Å². The molecule has 2 aromatic rings. The van der Waals surface area contributed by atoms with Crippen molar-refractivity contribution in [1.82, 2.24) is 0 Å². The average molecular weight is 407 g/mol. The number of halogens is 2. The van der Waals surface area contributed by atoms with Gasteiger partial charge in [0.05, 0.1) is 11.2 Å². The van der Waals surface area contributed by atoms with E-state index >= 15 is 0 Å². The largest absolute Gasteiger partial charge is 0.326 e. The second-order valence-corrected chi connectivity index (χ2v) is 8.34. The van der Waals surface area contributed by atoms with Crippen LogP contribution in [0.5, 0.6) is 0 Å². The van der Waals surface area contributed by atoms with E-state index in [0.717, 1.165) is 5.56 Å². The highest BCUT2D eigenvalue weighted by molar-refractivity contribution is 8.00. The van der Waals surface area contributed by atoms with Crippen molar-refractivity contribution in [3.63, 3.8) is 0 Å². The Hall–Kier alpha value is -2.05. The van der Waals surface area contributed by atoms with Crippen molar-refractivity contribution in [3.8, 4) is 0 Å². The van der Waals surface area contributed by atoms with Crippen LogP contribution in [0, 0.1) is 11.2 Å². The van der Waals surface area contributed by atoms with E-state index < -0.39 is 5.41 Å². The minimum Gasteiger partial charge on any atom is -0.326 e. The van der Waals surface area contributed by atoms with Crippen LogP contribution in [0.15, 0.2) is 48.5 Å². The zero-order valence-electron chi connectivity index (χ0n) is 15.0. The van der Waals surface area contributed by atoms with Gasteiger partial charge in [0.1, 0.15) is 11.2 Å².